The lowest BCUT2D eigenvalue weighted by Crippen LogP contribution is -2.40. The van der Waals surface area contributed by atoms with Gasteiger partial charge in [0.1, 0.15) is 5.82 Å². The highest BCUT2D eigenvalue weighted by molar-refractivity contribution is 6.30. The largest absolute Gasteiger partial charge is 0.368 e. The van der Waals surface area contributed by atoms with E-state index in [1.165, 1.54) is 17.6 Å². The first-order valence-electron chi connectivity index (χ1n) is 10.2. The molecule has 0 radical (unpaired) electrons. The summed E-state index contributed by atoms with van der Waals surface area (Å²) in [6.07, 6.45) is 8.26. The van der Waals surface area contributed by atoms with Crippen molar-refractivity contribution in [2.45, 2.75) is 32.2 Å². The van der Waals surface area contributed by atoms with Gasteiger partial charge >= 0.3 is 0 Å². The van der Waals surface area contributed by atoms with Gasteiger partial charge in [0.2, 0.25) is 0 Å². The summed E-state index contributed by atoms with van der Waals surface area (Å²) in [5.41, 5.74) is 2.66. The quantitative estimate of drug-likeness (QED) is 0.678. The molecule has 2 aliphatic rings. The second kappa shape index (κ2) is 7.40. The molecule has 1 aromatic carbocycles. The summed E-state index contributed by atoms with van der Waals surface area (Å²) >= 11 is 5.93. The van der Waals surface area contributed by atoms with Gasteiger partial charge in [-0.05, 0) is 55.9 Å². The molecule has 1 saturated carbocycles. The first kappa shape index (κ1) is 19.1. The number of hydrogen-bond donors (Lipinski definition) is 1. The molecule has 2 fully saturated rings. The minimum Gasteiger partial charge on any atom is -0.368 e. The van der Waals surface area contributed by atoms with E-state index in [1.807, 2.05) is 42.2 Å². The van der Waals surface area contributed by atoms with Gasteiger partial charge < -0.3 is 10.2 Å². The maximum atomic E-state index is 13.7. The van der Waals surface area contributed by atoms with Crippen LogP contribution in [-0.4, -0.2) is 49.9 Å². The third kappa shape index (κ3) is 3.65. The van der Waals surface area contributed by atoms with Gasteiger partial charge in [-0.2, -0.15) is 15.0 Å². The number of rotatable bonds is 5. The van der Waals surface area contributed by atoms with Gasteiger partial charge in [0.25, 0.3) is 5.91 Å². The molecule has 7 nitrogen and oxygen atoms in total. The molecule has 5 rings (SSSR count). The van der Waals surface area contributed by atoms with E-state index < -0.39 is 0 Å². The number of aryl methyl sites for hydroxylation is 1. The molecule has 1 spiro atoms. The number of likely N-dealkylation sites (tertiary alicyclic amines) is 1. The SMILES string of the molecule is Cc1ccc(-n2nccn2)c(C(=O)N2CC3(CC3)CC2CNc2ccc(Cl)cn2)c1. The van der Waals surface area contributed by atoms with E-state index in [-0.39, 0.29) is 17.4 Å². The van der Waals surface area contributed by atoms with Crippen molar-refractivity contribution in [3.05, 3.63) is 65.1 Å². The van der Waals surface area contributed by atoms with Crippen LogP contribution in [0.3, 0.4) is 0 Å². The number of carbonyl (C=O) groups excluding carboxylic acids is 1. The second-order valence-electron chi connectivity index (χ2n) is 8.37. The van der Waals surface area contributed by atoms with Crippen molar-refractivity contribution < 1.29 is 4.79 Å². The van der Waals surface area contributed by atoms with Crippen molar-refractivity contribution in [2.24, 2.45) is 5.41 Å². The number of carbonyl (C=O) groups is 1. The molecular weight excluding hydrogens is 400 g/mol. The number of nitrogens with one attached hydrogen (secondary N) is 1. The maximum Gasteiger partial charge on any atom is 0.256 e. The molecule has 1 unspecified atom stereocenters. The Hall–Kier alpha value is -2.93. The maximum absolute atomic E-state index is 13.7. The predicted molar refractivity (Wildman–Crippen MR) is 115 cm³/mol. The zero-order valence-corrected chi connectivity index (χ0v) is 17.5. The van der Waals surface area contributed by atoms with Crippen molar-refractivity contribution in [1.82, 2.24) is 24.9 Å². The Balaban J connectivity index is 1.41. The van der Waals surface area contributed by atoms with Crippen molar-refractivity contribution in [3.8, 4) is 5.69 Å². The van der Waals surface area contributed by atoms with Gasteiger partial charge in [0.05, 0.1) is 28.7 Å². The number of aromatic nitrogens is 4. The lowest BCUT2D eigenvalue weighted by molar-refractivity contribution is 0.0737. The number of hydrogen-bond acceptors (Lipinski definition) is 5. The molecule has 8 heteroatoms. The number of anilines is 1. The van der Waals surface area contributed by atoms with Gasteiger partial charge in [0.15, 0.2) is 0 Å². The van der Waals surface area contributed by atoms with Crippen LogP contribution in [0.15, 0.2) is 48.9 Å². The van der Waals surface area contributed by atoms with Gasteiger partial charge in [-0.3, -0.25) is 4.79 Å². The van der Waals surface area contributed by atoms with E-state index in [1.54, 1.807) is 18.6 Å². The molecular formula is C22H23ClN6O. The lowest BCUT2D eigenvalue weighted by atomic mass is 10.0. The Morgan fingerprint density at radius 3 is 2.73 bits per heavy atom. The third-order valence-electron chi connectivity index (χ3n) is 6.10. The van der Waals surface area contributed by atoms with Gasteiger partial charge in [-0.15, -0.1) is 0 Å². The summed E-state index contributed by atoms with van der Waals surface area (Å²) in [7, 11) is 0. The highest BCUT2D eigenvalue weighted by atomic mass is 35.5. The average Bonchev–Trinajstić information content (AvgIpc) is 3.14. The van der Waals surface area contributed by atoms with Crippen molar-refractivity contribution in [1.29, 1.82) is 0 Å². The second-order valence-corrected chi connectivity index (χ2v) is 8.81. The Kier molecular flexibility index (Phi) is 4.70. The molecule has 3 aromatic rings. The molecule has 1 aliphatic carbocycles. The number of pyridine rings is 1. The lowest BCUT2D eigenvalue weighted by Gasteiger charge is -2.26. The smallest absolute Gasteiger partial charge is 0.256 e. The number of benzene rings is 1. The summed E-state index contributed by atoms with van der Waals surface area (Å²) in [6, 6.07) is 9.61. The predicted octanol–water partition coefficient (Wildman–Crippen LogP) is 3.73. The fourth-order valence-corrected chi connectivity index (χ4v) is 4.43. The van der Waals surface area contributed by atoms with E-state index in [0.717, 1.165) is 24.3 Å². The highest BCUT2D eigenvalue weighted by Crippen LogP contribution is 2.55. The summed E-state index contributed by atoms with van der Waals surface area (Å²) in [6.45, 7) is 3.45. The highest BCUT2D eigenvalue weighted by Gasteiger charge is 2.53. The molecule has 1 amide bonds. The Morgan fingerprint density at radius 1 is 1.23 bits per heavy atom. The van der Waals surface area contributed by atoms with Crippen molar-refractivity contribution in [2.75, 3.05) is 18.4 Å². The van der Waals surface area contributed by atoms with Gasteiger partial charge in [-0.25, -0.2) is 4.98 Å². The zero-order chi connectivity index (χ0) is 20.7. The van der Waals surface area contributed by atoms with Crippen LogP contribution < -0.4 is 5.32 Å². The topological polar surface area (TPSA) is 75.9 Å². The van der Waals surface area contributed by atoms with Gasteiger partial charge in [-0.1, -0.05) is 23.2 Å². The van der Waals surface area contributed by atoms with E-state index in [2.05, 4.69) is 20.5 Å². The minimum atomic E-state index is 0.0330. The van der Waals surface area contributed by atoms with Crippen molar-refractivity contribution in [3.63, 3.8) is 0 Å². The fourth-order valence-electron chi connectivity index (χ4n) is 4.32. The van der Waals surface area contributed by atoms with E-state index in [4.69, 9.17) is 11.6 Å². The fraction of sp³-hybridized carbons (Fsp3) is 0.364. The first-order chi connectivity index (χ1) is 14.5. The molecule has 3 heterocycles. The van der Waals surface area contributed by atoms with Crippen LogP contribution in [0.5, 0.6) is 0 Å². The molecule has 154 valence electrons. The standard InChI is InChI=1S/C22H23ClN6O/c1-15-2-4-19(29-26-8-9-27-29)18(10-15)21(30)28-14-22(6-7-22)11-17(28)13-25-20-5-3-16(23)12-24-20/h2-5,8-10,12,17H,6-7,11,13-14H2,1H3,(H,24,25). The average molecular weight is 423 g/mol. The minimum absolute atomic E-state index is 0.0330. The number of amides is 1. The monoisotopic (exact) mass is 422 g/mol. The molecule has 1 saturated heterocycles. The third-order valence-corrected chi connectivity index (χ3v) is 6.32. The molecule has 2 aromatic heterocycles. The zero-order valence-electron chi connectivity index (χ0n) is 16.8. The number of halogens is 1. The van der Waals surface area contributed by atoms with E-state index in [9.17, 15) is 4.79 Å². The van der Waals surface area contributed by atoms with E-state index >= 15 is 0 Å². The van der Waals surface area contributed by atoms with Gasteiger partial charge in [0, 0.05) is 25.3 Å². The summed E-state index contributed by atoms with van der Waals surface area (Å²) in [5.74, 6) is 0.797. The molecule has 1 N–H and O–H groups in total. The summed E-state index contributed by atoms with van der Waals surface area (Å²) in [5, 5.41) is 12.4. The molecule has 1 aliphatic heterocycles. The van der Waals surface area contributed by atoms with Crippen molar-refractivity contribution >= 4 is 23.3 Å². The Morgan fingerprint density at radius 2 is 2.03 bits per heavy atom. The first-order valence-corrected chi connectivity index (χ1v) is 10.5. The molecule has 1 atom stereocenters. The molecule has 30 heavy (non-hydrogen) atoms. The van der Waals surface area contributed by atoms with Crippen LogP contribution in [0.2, 0.25) is 5.02 Å². The van der Waals surface area contributed by atoms with Crippen LogP contribution in [-0.2, 0) is 0 Å². The number of nitrogens with zero attached hydrogens (tertiary/aromatic N) is 5. The van der Waals surface area contributed by atoms with Crippen LogP contribution >= 0.6 is 11.6 Å². The Bertz CT molecular complexity index is 1060. The van der Waals surface area contributed by atoms with Crippen LogP contribution in [0.25, 0.3) is 5.69 Å². The summed E-state index contributed by atoms with van der Waals surface area (Å²) < 4.78 is 0. The van der Waals surface area contributed by atoms with Crippen LogP contribution in [0.4, 0.5) is 5.82 Å². The Labute approximate surface area is 180 Å². The summed E-state index contributed by atoms with van der Waals surface area (Å²) in [4.78, 5) is 21.5. The van der Waals surface area contributed by atoms with Crippen LogP contribution in [0.1, 0.15) is 35.2 Å². The normalized spacial score (nSPS) is 19.3. The van der Waals surface area contributed by atoms with Crippen LogP contribution in [0, 0.1) is 12.3 Å². The van der Waals surface area contributed by atoms with E-state index in [0.29, 0.717) is 22.8 Å². The molecule has 0 bridgehead atoms.